The van der Waals surface area contributed by atoms with Crippen molar-refractivity contribution in [3.8, 4) is 0 Å². The molecule has 4 amide bonds. The molecule has 1 rings (SSSR count). The first kappa shape index (κ1) is 26.9. The fourth-order valence-corrected chi connectivity index (χ4v) is 2.71. The quantitative estimate of drug-likeness (QED) is 0.119. The first-order valence-corrected chi connectivity index (χ1v) is 10.1. The number of nitrogens with one attached hydrogen (secondary N) is 4. The largest absolute Gasteiger partial charge is 0.480 e. The zero-order chi connectivity index (χ0) is 24.3. The van der Waals surface area contributed by atoms with Crippen molar-refractivity contribution in [2.75, 3.05) is 12.4 Å². The van der Waals surface area contributed by atoms with Crippen molar-refractivity contribution in [1.29, 1.82) is 0 Å². The second-order valence-electron chi connectivity index (χ2n) is 6.78. The van der Waals surface area contributed by atoms with Gasteiger partial charge in [-0.2, -0.15) is 12.6 Å². The van der Waals surface area contributed by atoms with Gasteiger partial charge in [0.1, 0.15) is 18.1 Å². The van der Waals surface area contributed by atoms with Crippen molar-refractivity contribution >= 4 is 42.2 Å². The summed E-state index contributed by atoms with van der Waals surface area (Å²) >= 11 is 3.99. The number of H-pyrrole nitrogens is 1. The summed E-state index contributed by atoms with van der Waals surface area (Å²) in [5, 5.41) is 25.6. The maximum absolute atomic E-state index is 12.5. The third kappa shape index (κ3) is 8.91. The Balaban J connectivity index is 2.70. The van der Waals surface area contributed by atoms with E-state index in [1.165, 1.54) is 12.5 Å². The summed E-state index contributed by atoms with van der Waals surface area (Å²) in [4.78, 5) is 65.6. The Morgan fingerprint density at radius 2 is 1.66 bits per heavy atom. The standard InChI is InChI=1S/C17H27N7O7S/c18-9(1-2-13(19)26)14(27)23-11(5-25)15(28)24-12(6-32)16(29)22-10(17(30)31)3-8-4-20-7-21-8/h4,7,9-12,25,32H,1-3,5-6,18H2,(H2,19,26)(H,20,21)(H,22,29)(H,23,27)(H,24,28)(H,30,31). The summed E-state index contributed by atoms with van der Waals surface area (Å²) in [7, 11) is 0. The van der Waals surface area contributed by atoms with E-state index in [9.17, 15) is 34.2 Å². The zero-order valence-corrected chi connectivity index (χ0v) is 17.9. The lowest BCUT2D eigenvalue weighted by molar-refractivity contribution is -0.142. The molecule has 15 heteroatoms. The maximum atomic E-state index is 12.5. The number of carboxylic acid groups (broad SMARTS) is 1. The third-order valence-corrected chi connectivity index (χ3v) is 4.63. The van der Waals surface area contributed by atoms with E-state index in [2.05, 4.69) is 38.5 Å². The van der Waals surface area contributed by atoms with Crippen LogP contribution in [0.15, 0.2) is 12.5 Å². The number of imidazole rings is 1. The van der Waals surface area contributed by atoms with Crippen molar-refractivity contribution < 1.29 is 34.2 Å². The van der Waals surface area contributed by atoms with Crippen LogP contribution in [0, 0.1) is 0 Å². The molecule has 32 heavy (non-hydrogen) atoms. The molecule has 0 aliphatic carbocycles. The number of aliphatic carboxylic acids is 1. The van der Waals surface area contributed by atoms with Crippen LogP contribution >= 0.6 is 12.6 Å². The molecule has 0 spiro atoms. The predicted molar refractivity (Wildman–Crippen MR) is 113 cm³/mol. The minimum atomic E-state index is -1.45. The molecule has 178 valence electrons. The van der Waals surface area contributed by atoms with Gasteiger partial charge in [-0.05, 0) is 6.42 Å². The van der Waals surface area contributed by atoms with Crippen LogP contribution in [0.5, 0.6) is 0 Å². The van der Waals surface area contributed by atoms with Gasteiger partial charge in [0.15, 0.2) is 0 Å². The number of amides is 4. The molecule has 0 fully saturated rings. The average Bonchev–Trinajstić information content (AvgIpc) is 3.25. The number of hydrogen-bond acceptors (Lipinski definition) is 9. The summed E-state index contributed by atoms with van der Waals surface area (Å²) in [5.41, 5.74) is 11.1. The van der Waals surface area contributed by atoms with Crippen LogP contribution in [0.25, 0.3) is 0 Å². The van der Waals surface area contributed by atoms with E-state index >= 15 is 0 Å². The lowest BCUT2D eigenvalue weighted by Crippen LogP contribution is -2.58. The number of nitrogens with two attached hydrogens (primary N) is 2. The molecule has 0 bridgehead atoms. The highest BCUT2D eigenvalue weighted by Crippen LogP contribution is 2.01. The molecule has 0 saturated carbocycles. The zero-order valence-electron chi connectivity index (χ0n) is 17.0. The number of aliphatic hydroxyl groups excluding tert-OH is 1. The number of aliphatic hydroxyl groups is 1. The van der Waals surface area contributed by atoms with E-state index in [1.807, 2.05) is 0 Å². The van der Waals surface area contributed by atoms with Crippen molar-refractivity contribution in [3.63, 3.8) is 0 Å². The summed E-state index contributed by atoms with van der Waals surface area (Å²) in [6, 6.07) is -5.16. The van der Waals surface area contributed by atoms with Crippen LogP contribution in [-0.2, 0) is 30.4 Å². The number of primary amides is 1. The molecular weight excluding hydrogens is 446 g/mol. The number of aromatic amines is 1. The minimum Gasteiger partial charge on any atom is -0.480 e. The number of carbonyl (C=O) groups is 5. The minimum absolute atomic E-state index is 0.0600. The Kier molecular flexibility index (Phi) is 11.2. The van der Waals surface area contributed by atoms with Gasteiger partial charge in [-0.15, -0.1) is 0 Å². The molecular formula is C17H27N7O7S. The van der Waals surface area contributed by atoms with Crippen LogP contribution in [0.4, 0.5) is 0 Å². The highest BCUT2D eigenvalue weighted by Gasteiger charge is 2.29. The van der Waals surface area contributed by atoms with Crippen LogP contribution in [0.1, 0.15) is 18.5 Å². The Morgan fingerprint density at radius 3 is 2.16 bits per heavy atom. The van der Waals surface area contributed by atoms with Crippen LogP contribution in [-0.4, -0.2) is 86.3 Å². The van der Waals surface area contributed by atoms with E-state index in [0.717, 1.165) is 0 Å². The normalized spacial score (nSPS) is 14.5. The lowest BCUT2D eigenvalue weighted by Gasteiger charge is -2.23. The predicted octanol–water partition coefficient (Wildman–Crippen LogP) is -3.99. The Morgan fingerprint density at radius 1 is 1.06 bits per heavy atom. The molecule has 0 radical (unpaired) electrons. The Hall–Kier alpha value is -3.17. The van der Waals surface area contributed by atoms with Crippen LogP contribution < -0.4 is 27.4 Å². The topological polar surface area (TPSA) is 243 Å². The van der Waals surface area contributed by atoms with Crippen molar-refractivity contribution in [2.24, 2.45) is 11.5 Å². The number of rotatable bonds is 14. The number of thiol groups is 1. The molecule has 10 N–H and O–H groups in total. The second-order valence-corrected chi connectivity index (χ2v) is 7.14. The van der Waals surface area contributed by atoms with Gasteiger partial charge in [0, 0.05) is 30.5 Å². The number of carbonyl (C=O) groups excluding carboxylic acids is 4. The van der Waals surface area contributed by atoms with Gasteiger partial charge in [-0.3, -0.25) is 19.2 Å². The molecule has 0 aliphatic heterocycles. The molecule has 0 saturated heterocycles. The number of hydrogen-bond donors (Lipinski definition) is 9. The molecule has 4 atom stereocenters. The summed E-state index contributed by atoms with van der Waals surface area (Å²) in [6.07, 6.45) is 2.48. The van der Waals surface area contributed by atoms with E-state index in [0.29, 0.717) is 5.69 Å². The van der Waals surface area contributed by atoms with Crippen LogP contribution in [0.3, 0.4) is 0 Å². The summed E-state index contributed by atoms with van der Waals surface area (Å²) in [5.74, 6) is -4.71. The molecule has 0 aliphatic rings. The second kappa shape index (κ2) is 13.3. The average molecular weight is 474 g/mol. The Labute approximate surface area is 188 Å². The smallest absolute Gasteiger partial charge is 0.326 e. The van der Waals surface area contributed by atoms with Gasteiger partial charge in [-0.1, -0.05) is 0 Å². The SMILES string of the molecule is NC(=O)CCC(N)C(=O)NC(CO)C(=O)NC(CS)C(=O)NC(Cc1cnc[nH]1)C(=O)O. The number of carboxylic acids is 1. The van der Waals surface area contributed by atoms with Gasteiger partial charge >= 0.3 is 5.97 Å². The van der Waals surface area contributed by atoms with Crippen LogP contribution in [0.2, 0.25) is 0 Å². The molecule has 14 nitrogen and oxygen atoms in total. The van der Waals surface area contributed by atoms with Crippen molar-refractivity contribution in [2.45, 2.75) is 43.4 Å². The molecule has 1 heterocycles. The van der Waals surface area contributed by atoms with E-state index in [1.54, 1.807) is 0 Å². The molecule has 1 aromatic heterocycles. The summed E-state index contributed by atoms with van der Waals surface area (Å²) < 4.78 is 0. The van der Waals surface area contributed by atoms with Gasteiger partial charge in [0.05, 0.1) is 19.0 Å². The number of aromatic nitrogens is 2. The third-order valence-electron chi connectivity index (χ3n) is 4.26. The van der Waals surface area contributed by atoms with Gasteiger partial charge in [0.25, 0.3) is 0 Å². The Bertz CT molecular complexity index is 805. The van der Waals surface area contributed by atoms with E-state index in [4.69, 9.17) is 11.5 Å². The van der Waals surface area contributed by atoms with Gasteiger partial charge in [0.2, 0.25) is 23.6 Å². The first-order chi connectivity index (χ1) is 15.1. The highest BCUT2D eigenvalue weighted by molar-refractivity contribution is 7.80. The van der Waals surface area contributed by atoms with E-state index in [-0.39, 0.29) is 25.0 Å². The van der Waals surface area contributed by atoms with Crippen molar-refractivity contribution in [1.82, 2.24) is 25.9 Å². The fraction of sp³-hybridized carbons (Fsp3) is 0.529. The fourth-order valence-electron chi connectivity index (χ4n) is 2.46. The summed E-state index contributed by atoms with van der Waals surface area (Å²) in [6.45, 7) is -0.807. The first-order valence-electron chi connectivity index (χ1n) is 9.45. The maximum Gasteiger partial charge on any atom is 0.326 e. The van der Waals surface area contributed by atoms with Crippen molar-refractivity contribution in [3.05, 3.63) is 18.2 Å². The molecule has 1 aromatic rings. The van der Waals surface area contributed by atoms with Gasteiger partial charge in [-0.25, -0.2) is 9.78 Å². The molecule has 0 aromatic carbocycles. The van der Waals surface area contributed by atoms with Gasteiger partial charge < -0.3 is 42.6 Å². The highest BCUT2D eigenvalue weighted by atomic mass is 32.1. The number of nitrogens with zero attached hydrogens (tertiary/aromatic N) is 1. The monoisotopic (exact) mass is 473 g/mol. The lowest BCUT2D eigenvalue weighted by atomic mass is 10.1. The molecule has 4 unspecified atom stereocenters. The van der Waals surface area contributed by atoms with E-state index < -0.39 is 60.4 Å².